The number of H-pyrrole nitrogens is 1. The summed E-state index contributed by atoms with van der Waals surface area (Å²) < 4.78 is 4.87. The summed E-state index contributed by atoms with van der Waals surface area (Å²) in [5.74, 6) is 1.00. The fraction of sp³-hybridized carbons (Fsp3) is 0.304. The SMILES string of the molecule is CCCCc1cn(-c2nnnn2CC)c(=O)n1Cc1ccc(-c2ccccc2-c2nnn[nH]2)cn1. The number of nitrogens with one attached hydrogen (secondary N) is 1. The molecule has 0 saturated carbocycles. The molecule has 1 aromatic carbocycles. The molecule has 5 aromatic rings. The number of nitrogens with zero attached hydrogens (tertiary/aromatic N) is 10. The molecule has 0 bridgehead atoms. The minimum atomic E-state index is -0.186. The van der Waals surface area contributed by atoms with E-state index in [1.165, 1.54) is 4.57 Å². The highest BCUT2D eigenvalue weighted by Crippen LogP contribution is 2.29. The van der Waals surface area contributed by atoms with Crippen molar-refractivity contribution in [1.29, 1.82) is 0 Å². The lowest BCUT2D eigenvalue weighted by Gasteiger charge is -2.09. The number of rotatable bonds is 9. The van der Waals surface area contributed by atoms with E-state index in [0.717, 1.165) is 47.3 Å². The second-order valence-electron chi connectivity index (χ2n) is 8.09. The molecule has 5 rings (SSSR count). The van der Waals surface area contributed by atoms with Gasteiger partial charge in [0.15, 0.2) is 5.82 Å². The topological polar surface area (TPSA) is 138 Å². The molecule has 0 aliphatic carbocycles. The molecule has 35 heavy (non-hydrogen) atoms. The molecule has 0 aliphatic heterocycles. The number of benzene rings is 1. The van der Waals surface area contributed by atoms with Crippen LogP contribution in [0, 0.1) is 0 Å². The summed E-state index contributed by atoms with van der Waals surface area (Å²) in [4.78, 5) is 18.0. The second kappa shape index (κ2) is 9.79. The van der Waals surface area contributed by atoms with Crippen LogP contribution < -0.4 is 5.69 Å². The molecule has 0 saturated heterocycles. The van der Waals surface area contributed by atoms with Crippen molar-refractivity contribution in [1.82, 2.24) is 54.9 Å². The van der Waals surface area contributed by atoms with Crippen LogP contribution in [0.2, 0.25) is 0 Å². The molecule has 0 unspecified atom stereocenters. The Morgan fingerprint density at radius 2 is 1.86 bits per heavy atom. The van der Waals surface area contributed by atoms with Gasteiger partial charge in [0.05, 0.1) is 12.2 Å². The van der Waals surface area contributed by atoms with Crippen molar-refractivity contribution in [3.05, 3.63) is 70.7 Å². The summed E-state index contributed by atoms with van der Waals surface area (Å²) in [5, 5.41) is 25.9. The molecule has 0 spiro atoms. The van der Waals surface area contributed by atoms with Crippen molar-refractivity contribution < 1.29 is 0 Å². The molecule has 0 atom stereocenters. The third-order valence-corrected chi connectivity index (χ3v) is 5.86. The van der Waals surface area contributed by atoms with Crippen molar-refractivity contribution in [2.24, 2.45) is 0 Å². The van der Waals surface area contributed by atoms with Crippen molar-refractivity contribution >= 4 is 0 Å². The minimum absolute atomic E-state index is 0.186. The molecule has 4 heterocycles. The third-order valence-electron chi connectivity index (χ3n) is 5.86. The molecule has 0 radical (unpaired) electrons. The number of aromatic nitrogens is 11. The Labute approximate surface area is 200 Å². The highest BCUT2D eigenvalue weighted by Gasteiger charge is 2.18. The van der Waals surface area contributed by atoms with Crippen LogP contribution in [0.3, 0.4) is 0 Å². The van der Waals surface area contributed by atoms with Crippen LogP contribution in [0.15, 0.2) is 53.6 Å². The Bertz CT molecular complexity index is 1460. The summed E-state index contributed by atoms with van der Waals surface area (Å²) in [6, 6.07) is 11.8. The van der Waals surface area contributed by atoms with Crippen molar-refractivity contribution in [2.45, 2.75) is 46.2 Å². The molecular formula is C23H25N11O. The lowest BCUT2D eigenvalue weighted by atomic mass is 10.0. The third kappa shape index (κ3) is 4.37. The Morgan fingerprint density at radius 1 is 1.00 bits per heavy atom. The molecule has 12 nitrogen and oxygen atoms in total. The molecule has 12 heteroatoms. The summed E-state index contributed by atoms with van der Waals surface area (Å²) in [6.45, 7) is 4.98. The fourth-order valence-electron chi connectivity index (χ4n) is 4.03. The number of hydrogen-bond acceptors (Lipinski definition) is 8. The van der Waals surface area contributed by atoms with Gasteiger partial charge in [0.1, 0.15) is 0 Å². The first-order valence-electron chi connectivity index (χ1n) is 11.6. The van der Waals surface area contributed by atoms with Gasteiger partial charge in [-0.05, 0) is 52.2 Å². The zero-order valence-electron chi connectivity index (χ0n) is 19.5. The fourth-order valence-corrected chi connectivity index (χ4v) is 4.03. The summed E-state index contributed by atoms with van der Waals surface area (Å²) in [6.07, 6.45) is 6.43. The lowest BCUT2D eigenvalue weighted by Crippen LogP contribution is -2.26. The van der Waals surface area contributed by atoms with Crippen LogP contribution in [0.1, 0.15) is 38.1 Å². The van der Waals surface area contributed by atoms with E-state index in [4.69, 9.17) is 0 Å². The molecule has 0 fully saturated rings. The maximum absolute atomic E-state index is 13.4. The summed E-state index contributed by atoms with van der Waals surface area (Å²) >= 11 is 0. The maximum Gasteiger partial charge on any atom is 0.335 e. The largest absolute Gasteiger partial charge is 0.335 e. The zero-order valence-corrected chi connectivity index (χ0v) is 19.5. The standard InChI is InChI=1S/C23H25N11O/c1-3-5-8-18-15-33(22-27-30-31-34(22)4-2)23(35)32(18)14-17-12-11-16(13-24-17)19-9-6-7-10-20(19)21-25-28-29-26-21/h6-7,9-13,15H,3-5,8,14H2,1-2H3,(H,25,26,28,29). The van der Waals surface area contributed by atoms with E-state index in [1.54, 1.807) is 9.25 Å². The number of unbranched alkanes of at least 4 members (excludes halogenated alkanes) is 1. The number of hydrogen-bond donors (Lipinski definition) is 1. The number of tetrazole rings is 2. The first-order chi connectivity index (χ1) is 17.2. The smallest absolute Gasteiger partial charge is 0.290 e. The van der Waals surface area contributed by atoms with E-state index in [2.05, 4.69) is 48.1 Å². The van der Waals surface area contributed by atoms with Gasteiger partial charge >= 0.3 is 5.69 Å². The van der Waals surface area contributed by atoms with Gasteiger partial charge < -0.3 is 0 Å². The summed E-state index contributed by atoms with van der Waals surface area (Å²) in [7, 11) is 0. The molecular weight excluding hydrogens is 446 g/mol. The van der Waals surface area contributed by atoms with Gasteiger partial charge in [-0.2, -0.15) is 0 Å². The monoisotopic (exact) mass is 471 g/mol. The predicted molar refractivity (Wildman–Crippen MR) is 128 cm³/mol. The molecule has 178 valence electrons. The number of pyridine rings is 1. The van der Waals surface area contributed by atoms with E-state index in [0.29, 0.717) is 24.9 Å². The quantitative estimate of drug-likeness (QED) is 0.346. The Hall–Kier alpha value is -4.48. The van der Waals surface area contributed by atoms with Gasteiger partial charge in [0.25, 0.3) is 5.95 Å². The van der Waals surface area contributed by atoms with Crippen LogP contribution >= 0.6 is 0 Å². The Morgan fingerprint density at radius 3 is 2.57 bits per heavy atom. The zero-order chi connectivity index (χ0) is 24.2. The van der Waals surface area contributed by atoms with Gasteiger partial charge in [-0.15, -0.1) is 5.10 Å². The molecule has 0 amide bonds. The van der Waals surface area contributed by atoms with Crippen LogP contribution in [0.25, 0.3) is 28.5 Å². The number of aryl methyl sites for hydroxylation is 2. The minimum Gasteiger partial charge on any atom is -0.290 e. The highest BCUT2D eigenvalue weighted by atomic mass is 16.2. The van der Waals surface area contributed by atoms with E-state index in [9.17, 15) is 4.79 Å². The van der Waals surface area contributed by atoms with E-state index in [-0.39, 0.29) is 5.69 Å². The highest BCUT2D eigenvalue weighted by molar-refractivity contribution is 5.79. The van der Waals surface area contributed by atoms with Crippen LogP contribution in [0.5, 0.6) is 0 Å². The lowest BCUT2D eigenvalue weighted by molar-refractivity contribution is 0.602. The Kier molecular flexibility index (Phi) is 6.24. The van der Waals surface area contributed by atoms with E-state index >= 15 is 0 Å². The van der Waals surface area contributed by atoms with Crippen LogP contribution in [-0.4, -0.2) is 54.9 Å². The average Bonchev–Trinajstić information content (AvgIpc) is 3.65. The van der Waals surface area contributed by atoms with Gasteiger partial charge in [-0.1, -0.05) is 48.8 Å². The van der Waals surface area contributed by atoms with E-state index < -0.39 is 0 Å². The van der Waals surface area contributed by atoms with Crippen molar-refractivity contribution in [3.8, 4) is 28.5 Å². The van der Waals surface area contributed by atoms with Gasteiger partial charge in [0.2, 0.25) is 0 Å². The molecule has 1 N–H and O–H groups in total. The molecule has 4 aromatic heterocycles. The average molecular weight is 472 g/mol. The normalized spacial score (nSPS) is 11.3. The van der Waals surface area contributed by atoms with E-state index in [1.807, 2.05) is 55.7 Å². The van der Waals surface area contributed by atoms with Gasteiger partial charge in [-0.25, -0.2) is 19.1 Å². The van der Waals surface area contributed by atoms with Gasteiger partial charge in [-0.3, -0.25) is 9.55 Å². The predicted octanol–water partition coefficient (Wildman–Crippen LogP) is 2.28. The second-order valence-corrected chi connectivity index (χ2v) is 8.09. The van der Waals surface area contributed by atoms with Gasteiger partial charge in [0, 0.05) is 35.8 Å². The summed E-state index contributed by atoms with van der Waals surface area (Å²) in [5.41, 5.74) is 4.30. The first-order valence-corrected chi connectivity index (χ1v) is 11.6. The van der Waals surface area contributed by atoms with Crippen LogP contribution in [-0.2, 0) is 19.5 Å². The maximum atomic E-state index is 13.4. The number of aromatic amines is 1. The first kappa shape index (κ1) is 22.3. The van der Waals surface area contributed by atoms with Crippen molar-refractivity contribution in [3.63, 3.8) is 0 Å². The Balaban J connectivity index is 1.47. The van der Waals surface area contributed by atoms with Crippen LogP contribution in [0.4, 0.5) is 0 Å². The molecule has 0 aliphatic rings. The van der Waals surface area contributed by atoms with Crippen molar-refractivity contribution in [2.75, 3.05) is 0 Å². The number of imidazole rings is 1.